The van der Waals surface area contributed by atoms with E-state index < -0.39 is 5.97 Å². The molecule has 0 aliphatic carbocycles. The number of para-hydroxylation sites is 1. The van der Waals surface area contributed by atoms with Crippen LogP contribution >= 0.6 is 25.4 Å². The van der Waals surface area contributed by atoms with Crippen molar-refractivity contribution in [3.05, 3.63) is 35.6 Å². The van der Waals surface area contributed by atoms with Gasteiger partial charge in [0.2, 0.25) is 0 Å². The predicted molar refractivity (Wildman–Crippen MR) is 95.9 cm³/mol. The number of hydrogen-bond acceptors (Lipinski definition) is 5. The van der Waals surface area contributed by atoms with E-state index in [1.807, 2.05) is 24.3 Å². The molecule has 1 atom stereocenters. The number of halogens is 1. The highest BCUT2D eigenvalue weighted by molar-refractivity contribution is 9.09. The van der Waals surface area contributed by atoms with Gasteiger partial charge in [-0.2, -0.15) is 0 Å². The first kappa shape index (κ1) is 18.0. The molecule has 0 aliphatic heterocycles. The Morgan fingerprint density at radius 3 is 2.96 bits per heavy atom. The standard InChI is InChI=1S/C16H18BrO5P/c1-19-15(18)10-20-14-5-2-4-12-11(7-9-21-23)13(6-3-8-17)22-16(12)14/h2-6H,7-10,23H2,1H3/b6-3+. The highest BCUT2D eigenvalue weighted by atomic mass is 79.9. The van der Waals surface area contributed by atoms with Crippen LogP contribution in [0.2, 0.25) is 0 Å². The Bertz CT molecular complexity index is 695. The average Bonchev–Trinajstić information content (AvgIpc) is 2.93. The van der Waals surface area contributed by atoms with E-state index >= 15 is 0 Å². The minimum atomic E-state index is -0.440. The minimum absolute atomic E-state index is 0.160. The lowest BCUT2D eigenvalue weighted by molar-refractivity contribution is -0.142. The normalized spacial score (nSPS) is 11.3. The lowest BCUT2D eigenvalue weighted by Gasteiger charge is -2.05. The number of carbonyl (C=O) groups is 1. The summed E-state index contributed by atoms with van der Waals surface area (Å²) in [4.78, 5) is 11.3. The van der Waals surface area contributed by atoms with Gasteiger partial charge in [0.1, 0.15) is 5.76 Å². The number of benzene rings is 1. The number of carbonyl (C=O) groups excluding carboxylic acids is 1. The van der Waals surface area contributed by atoms with Crippen molar-refractivity contribution >= 4 is 48.4 Å². The molecule has 0 radical (unpaired) electrons. The van der Waals surface area contributed by atoms with Crippen LogP contribution in [0.5, 0.6) is 5.75 Å². The third-order valence-corrected chi connectivity index (χ3v) is 3.82. The number of rotatable bonds is 8. The van der Waals surface area contributed by atoms with Gasteiger partial charge in [-0.3, -0.25) is 0 Å². The average molecular weight is 401 g/mol. The van der Waals surface area contributed by atoms with Crippen molar-refractivity contribution in [2.24, 2.45) is 0 Å². The van der Waals surface area contributed by atoms with E-state index in [2.05, 4.69) is 30.1 Å². The fourth-order valence-electron chi connectivity index (χ4n) is 2.18. The van der Waals surface area contributed by atoms with Crippen LogP contribution in [-0.2, 0) is 20.5 Å². The first-order valence-electron chi connectivity index (χ1n) is 6.99. The van der Waals surface area contributed by atoms with E-state index in [1.54, 1.807) is 6.07 Å². The Kier molecular flexibility index (Phi) is 7.09. The summed E-state index contributed by atoms with van der Waals surface area (Å²) in [6.45, 7) is 0.397. The summed E-state index contributed by atoms with van der Waals surface area (Å²) in [5.41, 5.74) is 1.66. The molecule has 0 amide bonds. The molecule has 0 saturated carbocycles. The van der Waals surface area contributed by atoms with Gasteiger partial charge < -0.3 is 18.4 Å². The zero-order valence-electron chi connectivity index (χ0n) is 12.7. The first-order valence-corrected chi connectivity index (χ1v) is 8.58. The SMILES string of the molecule is COC(=O)COc1cccc2c(CCOP)c(/C=C/CBr)oc12. The Morgan fingerprint density at radius 1 is 1.43 bits per heavy atom. The monoisotopic (exact) mass is 400 g/mol. The van der Waals surface area contributed by atoms with E-state index in [-0.39, 0.29) is 6.61 Å². The molecule has 0 N–H and O–H groups in total. The molecule has 2 aromatic rings. The lowest BCUT2D eigenvalue weighted by Crippen LogP contribution is -2.12. The van der Waals surface area contributed by atoms with Gasteiger partial charge in [-0.1, -0.05) is 34.1 Å². The molecule has 0 spiro atoms. The van der Waals surface area contributed by atoms with Crippen molar-refractivity contribution in [1.29, 1.82) is 0 Å². The molecule has 23 heavy (non-hydrogen) atoms. The van der Waals surface area contributed by atoms with Gasteiger partial charge >= 0.3 is 5.97 Å². The van der Waals surface area contributed by atoms with Crippen LogP contribution in [0.15, 0.2) is 28.7 Å². The van der Waals surface area contributed by atoms with Crippen molar-refractivity contribution in [1.82, 2.24) is 0 Å². The Balaban J connectivity index is 2.41. The van der Waals surface area contributed by atoms with E-state index in [9.17, 15) is 4.79 Å². The molecule has 7 heteroatoms. The zero-order valence-corrected chi connectivity index (χ0v) is 15.5. The van der Waals surface area contributed by atoms with Gasteiger partial charge in [0.15, 0.2) is 17.9 Å². The van der Waals surface area contributed by atoms with Crippen molar-refractivity contribution < 1.29 is 23.2 Å². The molecular weight excluding hydrogens is 383 g/mol. The van der Waals surface area contributed by atoms with Gasteiger partial charge in [-0.15, -0.1) is 0 Å². The van der Waals surface area contributed by atoms with Gasteiger partial charge in [-0.05, 0) is 12.1 Å². The van der Waals surface area contributed by atoms with E-state index in [4.69, 9.17) is 13.7 Å². The maximum absolute atomic E-state index is 11.3. The van der Waals surface area contributed by atoms with E-state index in [0.717, 1.165) is 22.0 Å². The number of allylic oxidation sites excluding steroid dienone is 1. The van der Waals surface area contributed by atoms with Gasteiger partial charge in [0.05, 0.1) is 13.7 Å². The lowest BCUT2D eigenvalue weighted by atomic mass is 10.1. The number of alkyl halides is 1. The molecule has 0 bridgehead atoms. The van der Waals surface area contributed by atoms with Crippen LogP contribution in [0.4, 0.5) is 0 Å². The van der Waals surface area contributed by atoms with Crippen LogP contribution in [0.25, 0.3) is 17.0 Å². The van der Waals surface area contributed by atoms with Crippen LogP contribution < -0.4 is 4.74 Å². The summed E-state index contributed by atoms with van der Waals surface area (Å²) in [7, 11) is 3.57. The van der Waals surface area contributed by atoms with Crippen molar-refractivity contribution in [2.75, 3.05) is 25.7 Å². The summed E-state index contributed by atoms with van der Waals surface area (Å²) in [5, 5.41) is 1.68. The second-order valence-electron chi connectivity index (χ2n) is 4.62. The summed E-state index contributed by atoms with van der Waals surface area (Å²) in [6.07, 6.45) is 4.58. The van der Waals surface area contributed by atoms with Crippen LogP contribution in [0.3, 0.4) is 0 Å². The molecule has 1 unspecified atom stereocenters. The Labute approximate surface area is 145 Å². The Hall–Kier alpha value is -1.36. The second-order valence-corrected chi connectivity index (χ2v) is 5.60. The Morgan fingerprint density at radius 2 is 2.26 bits per heavy atom. The number of methoxy groups -OCH3 is 1. The van der Waals surface area contributed by atoms with Crippen LogP contribution in [-0.4, -0.2) is 31.6 Å². The summed E-state index contributed by atoms with van der Waals surface area (Å²) < 4.78 is 21.1. The molecular formula is C16H18BrO5P. The minimum Gasteiger partial charge on any atom is -0.478 e. The van der Waals surface area contributed by atoms with E-state index in [0.29, 0.717) is 24.4 Å². The summed E-state index contributed by atoms with van der Waals surface area (Å²) in [6, 6.07) is 5.60. The smallest absolute Gasteiger partial charge is 0.343 e. The number of hydrogen-bond donors (Lipinski definition) is 0. The quantitative estimate of drug-likeness (QED) is 0.383. The van der Waals surface area contributed by atoms with Crippen molar-refractivity contribution in [2.45, 2.75) is 6.42 Å². The van der Waals surface area contributed by atoms with Crippen LogP contribution in [0.1, 0.15) is 11.3 Å². The highest BCUT2D eigenvalue weighted by Gasteiger charge is 2.16. The third kappa shape index (κ3) is 4.56. The molecule has 2 rings (SSSR count). The molecule has 0 aliphatic rings. The first-order chi connectivity index (χ1) is 11.2. The maximum atomic E-state index is 11.3. The molecule has 5 nitrogen and oxygen atoms in total. The maximum Gasteiger partial charge on any atom is 0.343 e. The molecule has 0 saturated heterocycles. The fourth-order valence-corrected chi connectivity index (χ4v) is 2.48. The largest absolute Gasteiger partial charge is 0.478 e. The second kappa shape index (κ2) is 9.06. The van der Waals surface area contributed by atoms with Crippen molar-refractivity contribution in [3.63, 3.8) is 0 Å². The summed E-state index contributed by atoms with van der Waals surface area (Å²) in [5.74, 6) is 0.833. The molecule has 1 aromatic heterocycles. The number of fused-ring (bicyclic) bond motifs is 1. The fraction of sp³-hybridized carbons (Fsp3) is 0.312. The van der Waals surface area contributed by atoms with Gasteiger partial charge in [0.25, 0.3) is 0 Å². The van der Waals surface area contributed by atoms with Gasteiger partial charge in [0, 0.05) is 32.2 Å². The molecule has 0 fully saturated rings. The number of esters is 1. The highest BCUT2D eigenvalue weighted by Crippen LogP contribution is 2.34. The number of furan rings is 1. The summed E-state index contributed by atoms with van der Waals surface area (Å²) >= 11 is 3.36. The molecule has 1 aromatic carbocycles. The van der Waals surface area contributed by atoms with Gasteiger partial charge in [-0.25, -0.2) is 4.79 Å². The van der Waals surface area contributed by atoms with Crippen LogP contribution in [0, 0.1) is 0 Å². The van der Waals surface area contributed by atoms with E-state index in [1.165, 1.54) is 7.11 Å². The third-order valence-electron chi connectivity index (χ3n) is 3.21. The molecule has 124 valence electrons. The topological polar surface area (TPSA) is 57.9 Å². The van der Waals surface area contributed by atoms with Crippen molar-refractivity contribution in [3.8, 4) is 5.75 Å². The predicted octanol–water partition coefficient (Wildman–Crippen LogP) is 3.74. The number of ether oxygens (including phenoxy) is 2. The zero-order chi connectivity index (χ0) is 16.7. The molecule has 1 heterocycles.